The van der Waals surface area contributed by atoms with Crippen molar-refractivity contribution >= 4 is 11.5 Å². The van der Waals surface area contributed by atoms with E-state index < -0.39 is 0 Å². The van der Waals surface area contributed by atoms with Gasteiger partial charge in [-0.15, -0.1) is 15.3 Å². The van der Waals surface area contributed by atoms with Crippen molar-refractivity contribution in [2.75, 3.05) is 44.6 Å². The number of fused-ring (bicyclic) bond motifs is 1. The van der Waals surface area contributed by atoms with Gasteiger partial charge in [-0.05, 0) is 29.8 Å². The molecule has 7 nitrogen and oxygen atoms in total. The van der Waals surface area contributed by atoms with Crippen molar-refractivity contribution in [2.45, 2.75) is 6.54 Å². The van der Waals surface area contributed by atoms with Crippen molar-refractivity contribution in [3.63, 3.8) is 0 Å². The van der Waals surface area contributed by atoms with E-state index in [-0.39, 0.29) is 5.82 Å². The van der Waals surface area contributed by atoms with Crippen molar-refractivity contribution in [2.24, 2.45) is 0 Å². The second-order valence-electron chi connectivity index (χ2n) is 8.02. The average Bonchev–Trinajstić information content (AvgIpc) is 3.24. The Kier molecular flexibility index (Phi) is 6.04. The Morgan fingerprint density at radius 1 is 0.812 bits per heavy atom. The van der Waals surface area contributed by atoms with E-state index in [1.807, 2.05) is 12.1 Å². The second-order valence-corrected chi connectivity index (χ2v) is 8.02. The van der Waals surface area contributed by atoms with Crippen molar-refractivity contribution in [3.8, 4) is 11.4 Å². The minimum atomic E-state index is -0.339. The van der Waals surface area contributed by atoms with Crippen LogP contribution in [0.3, 0.4) is 0 Å². The van der Waals surface area contributed by atoms with Crippen LogP contribution in [-0.4, -0.2) is 68.9 Å². The fraction of sp³-hybridized carbons (Fsp3) is 0.292. The minimum Gasteiger partial charge on any atom is -0.367 e. The summed E-state index contributed by atoms with van der Waals surface area (Å²) in [7, 11) is 0. The third kappa shape index (κ3) is 4.61. The highest BCUT2D eigenvalue weighted by molar-refractivity contribution is 5.60. The fourth-order valence-corrected chi connectivity index (χ4v) is 4.05. The van der Waals surface area contributed by atoms with Crippen LogP contribution < -0.4 is 5.32 Å². The molecule has 2 aromatic carbocycles. The zero-order valence-electron chi connectivity index (χ0n) is 17.9. The van der Waals surface area contributed by atoms with Crippen LogP contribution in [0.25, 0.3) is 17.0 Å². The Balaban J connectivity index is 1.15. The predicted octanol–water partition coefficient (Wildman–Crippen LogP) is 3.16. The van der Waals surface area contributed by atoms with E-state index in [4.69, 9.17) is 0 Å². The lowest BCUT2D eigenvalue weighted by molar-refractivity contribution is 0.130. The molecule has 1 aliphatic heterocycles. The van der Waals surface area contributed by atoms with Crippen LogP contribution >= 0.6 is 0 Å². The van der Waals surface area contributed by atoms with Crippen LogP contribution in [0.4, 0.5) is 10.2 Å². The number of nitrogens with zero attached hydrogens (tertiary/aromatic N) is 6. The molecule has 8 heteroatoms. The van der Waals surface area contributed by atoms with Crippen LogP contribution in [0.15, 0.2) is 66.7 Å². The second kappa shape index (κ2) is 9.42. The number of piperazine rings is 1. The highest BCUT2D eigenvalue weighted by atomic mass is 19.1. The highest BCUT2D eigenvalue weighted by Gasteiger charge is 2.17. The summed E-state index contributed by atoms with van der Waals surface area (Å²) < 4.78 is 15.8. The average molecular weight is 432 g/mol. The third-order valence-electron chi connectivity index (χ3n) is 5.83. The molecule has 0 radical (unpaired) electrons. The lowest BCUT2D eigenvalue weighted by atomic mass is 10.2. The maximum Gasteiger partial charge on any atom is 0.188 e. The molecule has 0 spiro atoms. The smallest absolute Gasteiger partial charge is 0.188 e. The SMILES string of the molecule is Fc1ccccc1-c1nnc2ccc(NCCN3CCN(Cc4ccccc4)CC3)nn12. The van der Waals surface area contributed by atoms with Crippen molar-refractivity contribution in [1.29, 1.82) is 0 Å². The van der Waals surface area contributed by atoms with Gasteiger partial charge in [0, 0.05) is 45.8 Å². The van der Waals surface area contributed by atoms with E-state index >= 15 is 0 Å². The normalized spacial score (nSPS) is 15.3. The summed E-state index contributed by atoms with van der Waals surface area (Å²) in [5.41, 5.74) is 2.34. The fourth-order valence-electron chi connectivity index (χ4n) is 4.05. The molecule has 0 atom stereocenters. The standard InChI is InChI=1S/C24H26FN7/c25-21-9-5-4-8-20(21)24-28-27-23-11-10-22(29-32(23)24)26-12-13-30-14-16-31(17-15-30)18-19-6-2-1-3-7-19/h1-11H,12-18H2,(H,26,29). The van der Waals surface area contributed by atoms with Gasteiger partial charge in [0.25, 0.3) is 0 Å². The van der Waals surface area contributed by atoms with Crippen molar-refractivity contribution in [1.82, 2.24) is 29.6 Å². The summed E-state index contributed by atoms with van der Waals surface area (Å²) in [5, 5.41) is 16.2. The van der Waals surface area contributed by atoms with Gasteiger partial charge in [-0.2, -0.15) is 4.52 Å². The summed E-state index contributed by atoms with van der Waals surface area (Å²) in [5.74, 6) is 0.780. The minimum absolute atomic E-state index is 0.339. The molecule has 5 rings (SSSR count). The molecule has 0 bridgehead atoms. The quantitative estimate of drug-likeness (QED) is 0.485. The monoisotopic (exact) mass is 431 g/mol. The van der Waals surface area contributed by atoms with E-state index in [0.29, 0.717) is 17.0 Å². The molecule has 1 saturated heterocycles. The molecular weight excluding hydrogens is 405 g/mol. The number of benzene rings is 2. The first-order chi connectivity index (χ1) is 15.8. The summed E-state index contributed by atoms with van der Waals surface area (Å²) >= 11 is 0. The van der Waals surface area contributed by atoms with Gasteiger partial charge in [-0.25, -0.2) is 4.39 Å². The molecule has 1 fully saturated rings. The summed E-state index contributed by atoms with van der Waals surface area (Å²) in [6.45, 7) is 7.01. The number of hydrogen-bond donors (Lipinski definition) is 1. The highest BCUT2D eigenvalue weighted by Crippen LogP contribution is 2.21. The van der Waals surface area contributed by atoms with E-state index in [1.54, 1.807) is 22.7 Å². The maximum absolute atomic E-state index is 14.2. The molecule has 32 heavy (non-hydrogen) atoms. The Morgan fingerprint density at radius 2 is 1.56 bits per heavy atom. The van der Waals surface area contributed by atoms with Gasteiger partial charge in [-0.3, -0.25) is 9.80 Å². The lowest BCUT2D eigenvalue weighted by Gasteiger charge is -2.34. The van der Waals surface area contributed by atoms with E-state index in [0.717, 1.165) is 51.6 Å². The number of halogens is 1. The molecule has 1 aliphatic rings. The molecule has 3 heterocycles. The molecule has 1 N–H and O–H groups in total. The number of rotatable bonds is 7. The molecule has 0 unspecified atom stereocenters. The Morgan fingerprint density at radius 3 is 2.38 bits per heavy atom. The van der Waals surface area contributed by atoms with E-state index in [2.05, 4.69) is 60.7 Å². The zero-order valence-corrected chi connectivity index (χ0v) is 17.9. The van der Waals surface area contributed by atoms with Crippen LogP contribution in [0, 0.1) is 5.82 Å². The van der Waals surface area contributed by atoms with Crippen LogP contribution in [0.1, 0.15) is 5.56 Å². The number of hydrogen-bond acceptors (Lipinski definition) is 6. The number of anilines is 1. The van der Waals surface area contributed by atoms with Crippen LogP contribution in [0.5, 0.6) is 0 Å². The first kappa shape index (κ1) is 20.5. The Hall–Kier alpha value is -3.36. The van der Waals surface area contributed by atoms with Gasteiger partial charge in [0.15, 0.2) is 11.5 Å². The topological polar surface area (TPSA) is 61.6 Å². The van der Waals surface area contributed by atoms with E-state index in [1.165, 1.54) is 11.6 Å². The van der Waals surface area contributed by atoms with Crippen LogP contribution in [0.2, 0.25) is 0 Å². The Labute approximate surface area is 186 Å². The van der Waals surface area contributed by atoms with Crippen molar-refractivity contribution in [3.05, 3.63) is 78.1 Å². The van der Waals surface area contributed by atoms with Gasteiger partial charge in [-0.1, -0.05) is 42.5 Å². The summed E-state index contributed by atoms with van der Waals surface area (Å²) in [6.07, 6.45) is 0. The number of aromatic nitrogens is 4. The number of nitrogens with one attached hydrogen (secondary N) is 1. The summed E-state index contributed by atoms with van der Waals surface area (Å²) in [6, 6.07) is 20.9. The Bertz CT molecular complexity index is 1170. The first-order valence-electron chi connectivity index (χ1n) is 11.0. The molecule has 0 amide bonds. The van der Waals surface area contributed by atoms with Gasteiger partial charge in [0.2, 0.25) is 0 Å². The molecule has 0 saturated carbocycles. The van der Waals surface area contributed by atoms with E-state index in [9.17, 15) is 4.39 Å². The molecule has 4 aromatic rings. The predicted molar refractivity (Wildman–Crippen MR) is 123 cm³/mol. The molecule has 0 aliphatic carbocycles. The first-order valence-corrected chi connectivity index (χ1v) is 11.0. The van der Waals surface area contributed by atoms with Gasteiger partial charge < -0.3 is 5.32 Å². The molecular formula is C24H26FN7. The van der Waals surface area contributed by atoms with Gasteiger partial charge >= 0.3 is 0 Å². The molecule has 2 aromatic heterocycles. The molecule has 164 valence electrons. The summed E-state index contributed by atoms with van der Waals surface area (Å²) in [4.78, 5) is 4.97. The van der Waals surface area contributed by atoms with Gasteiger partial charge in [0.05, 0.1) is 5.56 Å². The van der Waals surface area contributed by atoms with Gasteiger partial charge in [0.1, 0.15) is 11.6 Å². The maximum atomic E-state index is 14.2. The van der Waals surface area contributed by atoms with Crippen LogP contribution in [-0.2, 0) is 6.54 Å². The van der Waals surface area contributed by atoms with Crippen molar-refractivity contribution < 1.29 is 4.39 Å². The third-order valence-corrected chi connectivity index (χ3v) is 5.83. The zero-order chi connectivity index (χ0) is 21.8. The lowest BCUT2D eigenvalue weighted by Crippen LogP contribution is -2.47. The largest absolute Gasteiger partial charge is 0.367 e.